The molecule has 30 heavy (non-hydrogen) atoms. The van der Waals surface area contributed by atoms with Crippen LogP contribution in [0.25, 0.3) is 11.4 Å². The molecule has 11 heteroatoms. The number of carbonyl (C=O) groups excluding carboxylic acids is 2. The van der Waals surface area contributed by atoms with Crippen LogP contribution >= 0.6 is 0 Å². The third kappa shape index (κ3) is 3.29. The number of amides is 2. The van der Waals surface area contributed by atoms with Gasteiger partial charge in [-0.2, -0.15) is 0 Å². The van der Waals surface area contributed by atoms with E-state index in [-0.39, 0.29) is 12.4 Å². The number of anilines is 2. The Balaban J connectivity index is 1.71. The molecule has 0 bridgehead atoms. The Morgan fingerprint density at radius 2 is 2.13 bits per heavy atom. The van der Waals surface area contributed by atoms with Crippen LogP contribution in [0, 0.1) is 0 Å². The Hall–Kier alpha value is -3.37. The van der Waals surface area contributed by atoms with Crippen molar-refractivity contribution in [1.29, 1.82) is 0 Å². The van der Waals surface area contributed by atoms with Crippen LogP contribution in [0.4, 0.5) is 25.1 Å². The number of likely N-dealkylation sites (N-methyl/N-ethyl adjacent to an activating group) is 1. The third-order valence-corrected chi connectivity index (χ3v) is 5.40. The normalized spacial score (nSPS) is 18.9. The second kappa shape index (κ2) is 7.47. The minimum Gasteiger partial charge on any atom is -0.491 e. The summed E-state index contributed by atoms with van der Waals surface area (Å²) >= 11 is 0. The molecule has 2 amide bonds. The van der Waals surface area contributed by atoms with Gasteiger partial charge in [-0.25, -0.2) is 23.5 Å². The number of benzene rings is 1. The Labute approximate surface area is 171 Å². The fourth-order valence-electron chi connectivity index (χ4n) is 3.49. The number of nitrogens with two attached hydrogens (primary N) is 1. The monoisotopic (exact) mass is 421 g/mol. The molecule has 160 valence electrons. The lowest BCUT2D eigenvalue weighted by molar-refractivity contribution is -0.118. The lowest BCUT2D eigenvalue weighted by Crippen LogP contribution is -2.40. The van der Waals surface area contributed by atoms with E-state index >= 15 is 0 Å². The van der Waals surface area contributed by atoms with Crippen molar-refractivity contribution >= 4 is 23.5 Å². The van der Waals surface area contributed by atoms with Crippen LogP contribution in [0.15, 0.2) is 24.4 Å². The van der Waals surface area contributed by atoms with Crippen LogP contribution in [-0.4, -0.2) is 60.3 Å². The van der Waals surface area contributed by atoms with Crippen LogP contribution in [-0.2, 0) is 16.1 Å². The van der Waals surface area contributed by atoms with E-state index in [1.807, 2.05) is 0 Å². The zero-order valence-electron chi connectivity index (χ0n) is 16.4. The summed E-state index contributed by atoms with van der Waals surface area (Å²) in [5.41, 5.74) is 6.75. The summed E-state index contributed by atoms with van der Waals surface area (Å²) in [6, 6.07) is 3.44. The molecule has 0 radical (unpaired) electrons. The number of rotatable bonds is 5. The molecule has 2 aliphatic rings. The van der Waals surface area contributed by atoms with Crippen molar-refractivity contribution in [3.05, 3.63) is 24.4 Å². The van der Waals surface area contributed by atoms with Crippen LogP contribution in [0.3, 0.4) is 0 Å². The van der Waals surface area contributed by atoms with Gasteiger partial charge in [0.1, 0.15) is 36.9 Å². The number of hydrogen-bond donors (Lipinski definition) is 1. The quantitative estimate of drug-likeness (QED) is 0.790. The maximum absolute atomic E-state index is 13.3. The van der Waals surface area contributed by atoms with E-state index < -0.39 is 30.5 Å². The minimum absolute atomic E-state index is 0.106. The molecule has 4 rings (SSSR count). The van der Waals surface area contributed by atoms with Crippen LogP contribution in [0.2, 0.25) is 0 Å². The van der Waals surface area contributed by atoms with Crippen molar-refractivity contribution in [3.8, 4) is 17.1 Å². The van der Waals surface area contributed by atoms with E-state index in [1.165, 1.54) is 0 Å². The summed E-state index contributed by atoms with van der Waals surface area (Å²) in [6.07, 6.45) is -2.05. The average molecular weight is 421 g/mol. The molecule has 2 atom stereocenters. The minimum atomic E-state index is -2.75. The first-order chi connectivity index (χ1) is 14.3. The van der Waals surface area contributed by atoms with Crippen molar-refractivity contribution in [2.45, 2.75) is 32.0 Å². The smallest absolute Gasteiger partial charge is 0.416 e. The number of primary amides is 1. The molecule has 1 fully saturated rings. The summed E-state index contributed by atoms with van der Waals surface area (Å²) in [5, 5.41) is 0. The van der Waals surface area contributed by atoms with Gasteiger partial charge in [-0.15, -0.1) is 0 Å². The van der Waals surface area contributed by atoms with Crippen LogP contribution in [0.5, 0.6) is 5.75 Å². The molecule has 0 spiro atoms. The molecule has 0 saturated carbocycles. The van der Waals surface area contributed by atoms with Crippen LogP contribution < -0.4 is 20.3 Å². The van der Waals surface area contributed by atoms with Crippen molar-refractivity contribution in [1.82, 2.24) is 9.55 Å². The van der Waals surface area contributed by atoms with Gasteiger partial charge in [-0.3, -0.25) is 4.79 Å². The van der Waals surface area contributed by atoms with E-state index in [4.69, 9.17) is 15.2 Å². The highest BCUT2D eigenvalue weighted by molar-refractivity contribution is 5.90. The van der Waals surface area contributed by atoms with E-state index in [9.17, 15) is 18.4 Å². The second-order valence-corrected chi connectivity index (χ2v) is 7.18. The summed E-state index contributed by atoms with van der Waals surface area (Å²) in [6.45, 7) is 2.05. The second-order valence-electron chi connectivity index (χ2n) is 7.18. The molecule has 9 nitrogen and oxygen atoms in total. The highest BCUT2D eigenvalue weighted by Gasteiger charge is 2.42. The molecule has 1 unspecified atom stereocenters. The lowest BCUT2D eigenvalue weighted by Gasteiger charge is -2.25. The maximum atomic E-state index is 13.3. The predicted octanol–water partition coefficient (Wildman–Crippen LogP) is 1.84. The highest BCUT2D eigenvalue weighted by Crippen LogP contribution is 2.37. The Morgan fingerprint density at radius 1 is 1.37 bits per heavy atom. The highest BCUT2D eigenvalue weighted by atomic mass is 19.3. The largest absolute Gasteiger partial charge is 0.491 e. The van der Waals surface area contributed by atoms with Gasteiger partial charge in [0, 0.05) is 25.0 Å². The number of nitrogens with zero attached hydrogens (tertiary/aromatic N) is 4. The third-order valence-electron chi connectivity index (χ3n) is 5.40. The van der Waals surface area contributed by atoms with Crippen LogP contribution in [0.1, 0.15) is 6.92 Å². The van der Waals surface area contributed by atoms with Gasteiger partial charge in [0.25, 0.3) is 6.43 Å². The summed E-state index contributed by atoms with van der Waals surface area (Å²) < 4.78 is 39.0. The van der Waals surface area contributed by atoms with E-state index in [1.54, 1.807) is 47.8 Å². The molecule has 0 aliphatic carbocycles. The first-order valence-electron chi connectivity index (χ1n) is 9.38. The zero-order valence-corrected chi connectivity index (χ0v) is 16.4. The predicted molar refractivity (Wildman–Crippen MR) is 104 cm³/mol. The number of imidazole rings is 1. The van der Waals surface area contributed by atoms with Crippen molar-refractivity contribution in [2.75, 3.05) is 30.1 Å². The Kier molecular flexibility index (Phi) is 4.96. The van der Waals surface area contributed by atoms with Gasteiger partial charge in [0.2, 0.25) is 5.91 Å². The first-order valence-corrected chi connectivity index (χ1v) is 9.38. The standard InChI is InChI=1S/C19H21F2N5O4/c1-10(17(22)27)24(2)11-3-4-12-14(7-11)29-6-5-25-8-15(23-18(12)25)26-13(16(20)21)9-30-19(26)28/h3-4,7-8,10,13,16H,5-6,9H2,1-2H3,(H2,22,27)/t10?,13-/m0/s1. The van der Waals surface area contributed by atoms with Gasteiger partial charge in [-0.05, 0) is 19.1 Å². The van der Waals surface area contributed by atoms with Crippen molar-refractivity contribution in [2.24, 2.45) is 5.73 Å². The van der Waals surface area contributed by atoms with E-state index in [2.05, 4.69) is 4.98 Å². The lowest BCUT2D eigenvalue weighted by atomic mass is 10.1. The molecule has 2 aliphatic heterocycles. The molecular formula is C19H21F2N5O4. The number of fused-ring (bicyclic) bond motifs is 3. The summed E-state index contributed by atoms with van der Waals surface area (Å²) in [5.74, 6) is 0.664. The van der Waals surface area contributed by atoms with Gasteiger partial charge in [0.05, 0.1) is 12.1 Å². The molecule has 1 aromatic heterocycles. The number of cyclic esters (lactones) is 1. The topological polar surface area (TPSA) is 103 Å². The molecule has 2 aromatic rings. The van der Waals surface area contributed by atoms with E-state index in [0.717, 1.165) is 10.6 Å². The molecular weight excluding hydrogens is 400 g/mol. The molecule has 3 heterocycles. The number of halogens is 2. The Bertz CT molecular complexity index is 995. The van der Waals surface area contributed by atoms with Gasteiger partial charge >= 0.3 is 6.09 Å². The number of ether oxygens (including phenoxy) is 2. The van der Waals surface area contributed by atoms with Gasteiger partial charge in [0.15, 0.2) is 5.82 Å². The van der Waals surface area contributed by atoms with Crippen molar-refractivity contribution in [3.63, 3.8) is 0 Å². The number of alkyl halides is 2. The average Bonchev–Trinajstić information content (AvgIpc) is 3.25. The number of hydrogen-bond acceptors (Lipinski definition) is 6. The van der Waals surface area contributed by atoms with Gasteiger partial charge in [-0.1, -0.05) is 0 Å². The molecule has 1 aromatic carbocycles. The van der Waals surface area contributed by atoms with E-state index in [0.29, 0.717) is 30.3 Å². The first kappa shape index (κ1) is 19.9. The zero-order chi connectivity index (χ0) is 21.6. The Morgan fingerprint density at radius 3 is 2.83 bits per heavy atom. The summed E-state index contributed by atoms with van der Waals surface area (Å²) in [4.78, 5) is 30.6. The fourth-order valence-corrected chi connectivity index (χ4v) is 3.49. The van der Waals surface area contributed by atoms with Crippen molar-refractivity contribution < 1.29 is 27.8 Å². The van der Waals surface area contributed by atoms with Gasteiger partial charge < -0.3 is 24.7 Å². The fraction of sp³-hybridized carbons (Fsp3) is 0.421. The molecule has 2 N–H and O–H groups in total. The number of carbonyl (C=O) groups is 2. The molecule has 1 saturated heterocycles. The number of aromatic nitrogens is 2. The maximum Gasteiger partial charge on any atom is 0.416 e. The summed E-state index contributed by atoms with van der Waals surface area (Å²) in [7, 11) is 1.75. The SMILES string of the molecule is CC(C(N)=O)N(C)c1ccc2c(c1)OCCn1cc(N3C(=O)OC[C@H]3C(F)F)nc1-2.